The van der Waals surface area contributed by atoms with Crippen molar-refractivity contribution in [2.45, 2.75) is 0 Å². The Morgan fingerprint density at radius 3 is 2.42 bits per heavy atom. The van der Waals surface area contributed by atoms with Crippen molar-refractivity contribution < 1.29 is 9.90 Å². The van der Waals surface area contributed by atoms with Crippen LogP contribution < -0.4 is 10.6 Å². The van der Waals surface area contributed by atoms with E-state index in [0.29, 0.717) is 14.9 Å². The van der Waals surface area contributed by atoms with Crippen molar-refractivity contribution in [2.24, 2.45) is 0 Å². The second-order valence-corrected chi connectivity index (χ2v) is 5.71. The molecule has 0 aliphatic heterocycles. The third kappa shape index (κ3) is 3.60. The molecule has 0 fully saturated rings. The van der Waals surface area contributed by atoms with E-state index in [2.05, 4.69) is 26.6 Å². The van der Waals surface area contributed by atoms with Gasteiger partial charge in [0.1, 0.15) is 0 Å². The number of amides is 2. The molecular weight excluding hydrogens is 423 g/mol. The van der Waals surface area contributed by atoms with Crippen LogP contribution in [0.2, 0.25) is 0 Å². The number of hydrogen-bond acceptors (Lipinski definition) is 2. The zero-order valence-electron chi connectivity index (χ0n) is 9.65. The van der Waals surface area contributed by atoms with E-state index < -0.39 is 6.03 Å². The van der Waals surface area contributed by atoms with Gasteiger partial charge in [0.25, 0.3) is 0 Å². The van der Waals surface area contributed by atoms with E-state index in [0.717, 1.165) is 4.47 Å². The molecule has 2 aromatic carbocycles. The van der Waals surface area contributed by atoms with Crippen molar-refractivity contribution in [3.05, 3.63) is 50.5 Å². The van der Waals surface area contributed by atoms with Crippen molar-refractivity contribution >= 4 is 55.9 Å². The van der Waals surface area contributed by atoms with Crippen molar-refractivity contribution in [1.29, 1.82) is 0 Å². The van der Waals surface area contributed by atoms with E-state index in [9.17, 15) is 9.90 Å². The van der Waals surface area contributed by atoms with E-state index in [1.807, 2.05) is 40.8 Å². The number of carbonyl (C=O) groups is 1. The van der Waals surface area contributed by atoms with Crippen molar-refractivity contribution in [3.63, 3.8) is 0 Å². The van der Waals surface area contributed by atoms with Gasteiger partial charge in [-0.1, -0.05) is 18.2 Å². The Balaban J connectivity index is 2.10. The van der Waals surface area contributed by atoms with Crippen LogP contribution in [0.15, 0.2) is 46.9 Å². The molecule has 0 bridgehead atoms. The van der Waals surface area contributed by atoms with Gasteiger partial charge in [-0.3, -0.25) is 0 Å². The topological polar surface area (TPSA) is 61.4 Å². The maximum atomic E-state index is 11.8. The molecular formula is C13H10BrIN2O2. The fraction of sp³-hybridized carbons (Fsp3) is 0. The lowest BCUT2D eigenvalue weighted by molar-refractivity contribution is 0.262. The lowest BCUT2D eigenvalue weighted by Gasteiger charge is -2.10. The molecule has 2 amide bonds. The first-order valence-corrected chi connectivity index (χ1v) is 7.25. The number of rotatable bonds is 2. The number of benzene rings is 2. The van der Waals surface area contributed by atoms with Crippen LogP contribution in [0, 0.1) is 3.57 Å². The number of urea groups is 1. The molecule has 0 heterocycles. The van der Waals surface area contributed by atoms with Gasteiger partial charge in [-0.15, -0.1) is 0 Å². The van der Waals surface area contributed by atoms with Gasteiger partial charge in [-0.05, 0) is 62.8 Å². The molecule has 0 unspecified atom stereocenters. The highest BCUT2D eigenvalue weighted by Gasteiger charge is 2.09. The Hall–Kier alpha value is -1.28. The fourth-order valence-electron chi connectivity index (χ4n) is 1.45. The highest BCUT2D eigenvalue weighted by atomic mass is 127. The highest BCUT2D eigenvalue weighted by molar-refractivity contribution is 14.1. The van der Waals surface area contributed by atoms with Gasteiger partial charge in [-0.2, -0.15) is 0 Å². The van der Waals surface area contributed by atoms with Crippen LogP contribution in [0.1, 0.15) is 0 Å². The molecule has 2 aromatic rings. The minimum absolute atomic E-state index is 0.0605. The third-order valence-corrected chi connectivity index (χ3v) is 3.92. The zero-order chi connectivity index (χ0) is 13.8. The number of aromatic hydroxyl groups is 1. The van der Waals surface area contributed by atoms with Crippen LogP contribution in [0.5, 0.6) is 5.75 Å². The summed E-state index contributed by atoms with van der Waals surface area (Å²) in [4.78, 5) is 11.8. The van der Waals surface area contributed by atoms with E-state index in [1.165, 1.54) is 0 Å². The fourth-order valence-corrected chi connectivity index (χ4v) is 2.34. The number of carbonyl (C=O) groups excluding carboxylic acids is 1. The summed E-state index contributed by atoms with van der Waals surface area (Å²) in [5, 5.41) is 15.1. The predicted molar refractivity (Wildman–Crippen MR) is 87.6 cm³/mol. The number of para-hydroxylation sites is 2. The minimum atomic E-state index is -0.413. The van der Waals surface area contributed by atoms with E-state index in [1.54, 1.807) is 24.3 Å². The van der Waals surface area contributed by atoms with E-state index in [-0.39, 0.29) is 5.75 Å². The SMILES string of the molecule is O=C(Nc1ccccc1Br)Nc1cccc(I)c1O. The third-order valence-electron chi connectivity index (χ3n) is 2.36. The van der Waals surface area contributed by atoms with Crippen LogP contribution in [0.4, 0.5) is 16.2 Å². The number of anilines is 2. The number of phenols is 1. The number of hydrogen-bond donors (Lipinski definition) is 3. The molecule has 19 heavy (non-hydrogen) atoms. The molecule has 0 aliphatic carbocycles. The summed E-state index contributed by atoms with van der Waals surface area (Å²) in [5.41, 5.74) is 1.03. The molecule has 0 aliphatic rings. The molecule has 0 saturated heterocycles. The van der Waals surface area contributed by atoms with Crippen LogP contribution in [-0.2, 0) is 0 Å². The lowest BCUT2D eigenvalue weighted by Crippen LogP contribution is -2.19. The summed E-state index contributed by atoms with van der Waals surface area (Å²) < 4.78 is 1.47. The molecule has 0 aromatic heterocycles. The Morgan fingerprint density at radius 1 is 1.05 bits per heavy atom. The normalized spacial score (nSPS) is 10.0. The van der Waals surface area contributed by atoms with Crippen LogP contribution in [0.3, 0.4) is 0 Å². The van der Waals surface area contributed by atoms with Gasteiger partial charge in [-0.25, -0.2) is 4.79 Å². The summed E-state index contributed by atoms with van der Waals surface area (Å²) >= 11 is 5.34. The second-order valence-electron chi connectivity index (χ2n) is 3.69. The second kappa shape index (κ2) is 6.25. The van der Waals surface area contributed by atoms with Crippen molar-refractivity contribution in [3.8, 4) is 5.75 Å². The van der Waals surface area contributed by atoms with Gasteiger partial charge >= 0.3 is 6.03 Å². The zero-order valence-corrected chi connectivity index (χ0v) is 13.4. The van der Waals surface area contributed by atoms with Crippen LogP contribution in [0.25, 0.3) is 0 Å². The maximum Gasteiger partial charge on any atom is 0.323 e. The average molecular weight is 433 g/mol. The first-order chi connectivity index (χ1) is 9.08. The monoisotopic (exact) mass is 432 g/mol. The molecule has 0 radical (unpaired) electrons. The lowest BCUT2D eigenvalue weighted by atomic mass is 10.3. The Labute approximate surface area is 132 Å². The Kier molecular flexibility index (Phi) is 4.65. The molecule has 4 nitrogen and oxygen atoms in total. The maximum absolute atomic E-state index is 11.8. The smallest absolute Gasteiger partial charge is 0.323 e. The van der Waals surface area contributed by atoms with Gasteiger partial charge in [0.15, 0.2) is 5.75 Å². The highest BCUT2D eigenvalue weighted by Crippen LogP contribution is 2.28. The van der Waals surface area contributed by atoms with Crippen LogP contribution >= 0.6 is 38.5 Å². The van der Waals surface area contributed by atoms with Gasteiger partial charge in [0, 0.05) is 4.47 Å². The number of nitrogens with one attached hydrogen (secondary N) is 2. The average Bonchev–Trinajstić information content (AvgIpc) is 2.38. The molecule has 98 valence electrons. The molecule has 0 saturated carbocycles. The van der Waals surface area contributed by atoms with Crippen molar-refractivity contribution in [1.82, 2.24) is 0 Å². The molecule has 2 rings (SSSR count). The van der Waals surface area contributed by atoms with Crippen LogP contribution in [-0.4, -0.2) is 11.1 Å². The molecule has 0 atom stereocenters. The van der Waals surface area contributed by atoms with Gasteiger partial charge < -0.3 is 15.7 Å². The van der Waals surface area contributed by atoms with Crippen molar-refractivity contribution in [2.75, 3.05) is 10.6 Å². The Bertz CT molecular complexity index is 619. The summed E-state index contributed by atoms with van der Waals surface area (Å²) in [7, 11) is 0. The quantitative estimate of drug-likeness (QED) is 0.486. The number of phenolic OH excluding ortho intramolecular Hbond substituents is 1. The first kappa shape index (κ1) is 14.1. The predicted octanol–water partition coefficient (Wildman–Crippen LogP) is 4.40. The standard InChI is InChI=1S/C13H10BrIN2O2/c14-8-4-1-2-6-10(8)16-13(19)17-11-7-3-5-9(15)12(11)18/h1-7,18H,(H2,16,17,19). The Morgan fingerprint density at radius 2 is 1.68 bits per heavy atom. The molecule has 6 heteroatoms. The summed E-state index contributed by atoms with van der Waals surface area (Å²) in [6.07, 6.45) is 0. The van der Waals surface area contributed by atoms with Gasteiger partial charge in [0.05, 0.1) is 14.9 Å². The minimum Gasteiger partial charge on any atom is -0.505 e. The summed E-state index contributed by atoms with van der Waals surface area (Å²) in [5.74, 6) is 0.0605. The molecule has 3 N–H and O–H groups in total. The molecule has 0 spiro atoms. The summed E-state index contributed by atoms with van der Waals surface area (Å²) in [6, 6.07) is 12.0. The first-order valence-electron chi connectivity index (χ1n) is 5.38. The number of halogens is 2. The van der Waals surface area contributed by atoms with E-state index in [4.69, 9.17) is 0 Å². The summed E-state index contributed by atoms with van der Waals surface area (Å²) in [6.45, 7) is 0. The largest absolute Gasteiger partial charge is 0.505 e. The van der Waals surface area contributed by atoms with E-state index >= 15 is 0 Å². The van der Waals surface area contributed by atoms with Gasteiger partial charge in [0.2, 0.25) is 0 Å².